The number of benzene rings is 2. The van der Waals surface area contributed by atoms with Crippen LogP contribution >= 0.6 is 0 Å². The third kappa shape index (κ3) is 4.01. The smallest absolute Gasteiger partial charge is 0.272 e. The molecule has 1 unspecified atom stereocenters. The van der Waals surface area contributed by atoms with Gasteiger partial charge in [-0.05, 0) is 37.1 Å². The first-order valence-corrected chi connectivity index (χ1v) is 8.09. The lowest BCUT2D eigenvalue weighted by Gasteiger charge is -2.11. The van der Waals surface area contributed by atoms with E-state index in [-0.39, 0.29) is 5.91 Å². The maximum absolute atomic E-state index is 12.5. The number of para-hydroxylation sites is 1. The molecular weight excluding hydrogens is 314 g/mol. The molecule has 25 heavy (non-hydrogen) atoms. The number of hydrogen-bond acceptors (Lipinski definition) is 3. The largest absolute Gasteiger partial charge is 0.341 e. The number of carbonyl (C=O) groups excluding carboxylic acids is 2. The van der Waals surface area contributed by atoms with E-state index in [0.717, 1.165) is 23.2 Å². The average Bonchev–Trinajstić information content (AvgIpc) is 3.04. The fraction of sp³-hybridized carbons (Fsp3) is 0.150. The predicted octanol–water partition coefficient (Wildman–Crippen LogP) is 2.72. The van der Waals surface area contributed by atoms with E-state index >= 15 is 0 Å². The Bertz CT molecular complexity index is 857. The van der Waals surface area contributed by atoms with Crippen LogP contribution in [0.3, 0.4) is 0 Å². The van der Waals surface area contributed by atoms with E-state index in [1.165, 1.54) is 0 Å². The molecule has 1 heterocycles. The van der Waals surface area contributed by atoms with Gasteiger partial charge in [0, 0.05) is 5.69 Å². The van der Waals surface area contributed by atoms with Crippen molar-refractivity contribution in [2.45, 2.75) is 19.4 Å². The first kappa shape index (κ1) is 16.6. The zero-order valence-corrected chi connectivity index (χ0v) is 13.9. The topological polar surface area (TPSA) is 64.0 Å². The number of aromatic nitrogens is 2. The second-order valence-electron chi connectivity index (χ2n) is 5.82. The minimum atomic E-state index is -0.586. The van der Waals surface area contributed by atoms with Crippen LogP contribution in [0.1, 0.15) is 21.7 Å². The molecule has 3 rings (SSSR count). The molecule has 126 valence electrons. The number of aldehydes is 1. The van der Waals surface area contributed by atoms with Gasteiger partial charge in [-0.25, -0.2) is 4.68 Å². The molecule has 1 aromatic heterocycles. The van der Waals surface area contributed by atoms with Crippen LogP contribution in [0.2, 0.25) is 0 Å². The maximum Gasteiger partial charge on any atom is 0.272 e. The minimum absolute atomic E-state index is 0.293. The molecule has 0 spiro atoms. The zero-order valence-electron chi connectivity index (χ0n) is 13.9. The number of nitrogens with zero attached hydrogens (tertiary/aromatic N) is 2. The number of aryl methyl sites for hydroxylation is 1. The van der Waals surface area contributed by atoms with Crippen molar-refractivity contribution in [2.75, 3.05) is 0 Å². The van der Waals surface area contributed by atoms with Gasteiger partial charge >= 0.3 is 0 Å². The van der Waals surface area contributed by atoms with Gasteiger partial charge in [0.05, 0.1) is 11.7 Å². The molecule has 0 bridgehead atoms. The van der Waals surface area contributed by atoms with Gasteiger partial charge in [0.1, 0.15) is 6.29 Å². The van der Waals surface area contributed by atoms with Crippen LogP contribution < -0.4 is 5.32 Å². The standard InChI is InChI=1S/C20H19N3O2/c1-15-12-19(22-23(15)18-10-6-3-7-11-18)20(25)21-17(14-24)13-16-8-4-2-5-9-16/h2-12,14,17H,13H2,1H3,(H,21,25). The van der Waals surface area contributed by atoms with Crippen LogP contribution in [0.25, 0.3) is 5.69 Å². The number of amides is 1. The van der Waals surface area contributed by atoms with Gasteiger partial charge in [0.2, 0.25) is 0 Å². The number of rotatable bonds is 6. The van der Waals surface area contributed by atoms with Crippen LogP contribution in [0, 0.1) is 6.92 Å². The third-order valence-electron chi connectivity index (χ3n) is 3.90. The molecule has 1 N–H and O–H groups in total. The Balaban J connectivity index is 1.73. The third-order valence-corrected chi connectivity index (χ3v) is 3.90. The first-order valence-electron chi connectivity index (χ1n) is 8.09. The van der Waals surface area contributed by atoms with E-state index in [1.807, 2.05) is 67.6 Å². The van der Waals surface area contributed by atoms with Crippen molar-refractivity contribution in [1.29, 1.82) is 0 Å². The van der Waals surface area contributed by atoms with Gasteiger partial charge in [-0.15, -0.1) is 0 Å². The Morgan fingerprint density at radius 1 is 1.12 bits per heavy atom. The molecule has 0 aliphatic carbocycles. The molecule has 5 nitrogen and oxygen atoms in total. The molecule has 2 aromatic carbocycles. The summed E-state index contributed by atoms with van der Waals surface area (Å²) in [5.41, 5.74) is 3.02. The summed E-state index contributed by atoms with van der Waals surface area (Å²) in [6.45, 7) is 1.89. The highest BCUT2D eigenvalue weighted by Crippen LogP contribution is 2.12. The van der Waals surface area contributed by atoms with Crippen molar-refractivity contribution >= 4 is 12.2 Å². The Hall–Kier alpha value is -3.21. The van der Waals surface area contributed by atoms with Crippen molar-refractivity contribution in [3.05, 3.63) is 83.7 Å². The van der Waals surface area contributed by atoms with Crippen LogP contribution in [0.5, 0.6) is 0 Å². The second-order valence-corrected chi connectivity index (χ2v) is 5.82. The summed E-state index contributed by atoms with van der Waals surface area (Å²) in [6, 6.07) is 20.3. The summed E-state index contributed by atoms with van der Waals surface area (Å²) in [6.07, 6.45) is 1.21. The second kappa shape index (κ2) is 7.57. The van der Waals surface area contributed by atoms with Gasteiger partial charge in [-0.3, -0.25) is 4.79 Å². The van der Waals surface area contributed by atoms with Crippen LogP contribution in [-0.4, -0.2) is 28.0 Å². The van der Waals surface area contributed by atoms with Crippen molar-refractivity contribution in [3.8, 4) is 5.69 Å². The molecule has 0 saturated carbocycles. The highest BCUT2D eigenvalue weighted by molar-refractivity contribution is 5.94. The van der Waals surface area contributed by atoms with E-state index in [1.54, 1.807) is 10.7 Å². The fourth-order valence-electron chi connectivity index (χ4n) is 2.66. The molecule has 0 aliphatic heterocycles. The molecule has 5 heteroatoms. The predicted molar refractivity (Wildman–Crippen MR) is 95.8 cm³/mol. The normalized spacial score (nSPS) is 11.7. The van der Waals surface area contributed by atoms with Crippen molar-refractivity contribution in [1.82, 2.24) is 15.1 Å². The zero-order chi connectivity index (χ0) is 17.6. The van der Waals surface area contributed by atoms with Gasteiger partial charge in [0.25, 0.3) is 5.91 Å². The summed E-state index contributed by atoms with van der Waals surface area (Å²) in [4.78, 5) is 23.8. The molecule has 1 amide bonds. The van der Waals surface area contributed by atoms with Gasteiger partial charge < -0.3 is 10.1 Å². The first-order chi connectivity index (χ1) is 12.2. The van der Waals surface area contributed by atoms with E-state index in [9.17, 15) is 9.59 Å². The Kier molecular flexibility index (Phi) is 5.04. The lowest BCUT2D eigenvalue weighted by atomic mass is 10.1. The van der Waals surface area contributed by atoms with Crippen LogP contribution in [-0.2, 0) is 11.2 Å². The summed E-state index contributed by atoms with van der Waals surface area (Å²) in [7, 11) is 0. The van der Waals surface area contributed by atoms with E-state index in [4.69, 9.17) is 0 Å². The minimum Gasteiger partial charge on any atom is -0.341 e. The van der Waals surface area contributed by atoms with E-state index in [0.29, 0.717) is 12.1 Å². The Labute approximate surface area is 146 Å². The summed E-state index contributed by atoms with van der Waals surface area (Å²) >= 11 is 0. The lowest BCUT2D eigenvalue weighted by molar-refractivity contribution is -0.109. The molecule has 1 atom stereocenters. The van der Waals surface area contributed by atoms with Crippen molar-refractivity contribution < 1.29 is 9.59 Å². The number of nitrogens with one attached hydrogen (secondary N) is 1. The monoisotopic (exact) mass is 333 g/mol. The molecule has 0 saturated heterocycles. The fourth-order valence-corrected chi connectivity index (χ4v) is 2.66. The Morgan fingerprint density at radius 3 is 2.40 bits per heavy atom. The van der Waals surface area contributed by atoms with Crippen LogP contribution in [0.15, 0.2) is 66.7 Å². The number of hydrogen-bond donors (Lipinski definition) is 1. The Morgan fingerprint density at radius 2 is 1.76 bits per heavy atom. The average molecular weight is 333 g/mol. The SMILES string of the molecule is Cc1cc(C(=O)NC(C=O)Cc2ccccc2)nn1-c1ccccc1. The molecule has 0 aliphatic rings. The van der Waals surface area contributed by atoms with E-state index in [2.05, 4.69) is 10.4 Å². The highest BCUT2D eigenvalue weighted by Gasteiger charge is 2.17. The summed E-state index contributed by atoms with van der Waals surface area (Å²) in [5.74, 6) is -0.356. The molecule has 3 aromatic rings. The lowest BCUT2D eigenvalue weighted by Crippen LogP contribution is -2.37. The van der Waals surface area contributed by atoms with Gasteiger partial charge in [-0.1, -0.05) is 48.5 Å². The van der Waals surface area contributed by atoms with Crippen molar-refractivity contribution in [3.63, 3.8) is 0 Å². The van der Waals surface area contributed by atoms with Crippen molar-refractivity contribution in [2.24, 2.45) is 0 Å². The summed E-state index contributed by atoms with van der Waals surface area (Å²) < 4.78 is 1.71. The summed E-state index contributed by atoms with van der Waals surface area (Å²) in [5, 5.41) is 7.10. The molecule has 0 fully saturated rings. The highest BCUT2D eigenvalue weighted by atomic mass is 16.2. The van der Waals surface area contributed by atoms with Gasteiger partial charge in [0.15, 0.2) is 5.69 Å². The molecular formula is C20H19N3O2. The van der Waals surface area contributed by atoms with E-state index < -0.39 is 6.04 Å². The molecule has 0 radical (unpaired) electrons. The van der Waals surface area contributed by atoms with Crippen LogP contribution in [0.4, 0.5) is 0 Å². The number of carbonyl (C=O) groups is 2. The van der Waals surface area contributed by atoms with Gasteiger partial charge in [-0.2, -0.15) is 5.10 Å². The quantitative estimate of drug-likeness (QED) is 0.706. The maximum atomic E-state index is 12.5.